The second kappa shape index (κ2) is 10.3. The Hall–Kier alpha value is -4.40. The number of hydrogen-bond acceptors (Lipinski definition) is 5. The number of anilines is 4. The number of benzene rings is 3. The van der Waals surface area contributed by atoms with Crippen molar-refractivity contribution in [3.05, 3.63) is 89.4 Å². The van der Waals surface area contributed by atoms with Gasteiger partial charge in [-0.3, -0.25) is 4.79 Å². The molecule has 0 radical (unpaired) electrons. The first kappa shape index (κ1) is 24.3. The topological polar surface area (TPSA) is 109 Å². The van der Waals surface area contributed by atoms with E-state index in [1.54, 1.807) is 41.8 Å². The van der Waals surface area contributed by atoms with Crippen molar-refractivity contribution < 1.29 is 9.59 Å². The van der Waals surface area contributed by atoms with Crippen LogP contribution in [0.4, 0.5) is 27.7 Å². The number of nitrogens with two attached hydrogens (primary N) is 1. The van der Waals surface area contributed by atoms with E-state index in [1.165, 1.54) is 6.92 Å². The number of nitrogen functional groups attached to an aromatic ring is 1. The minimum absolute atomic E-state index is 0.116. The zero-order chi connectivity index (χ0) is 25.9. The number of nitrogens with one attached hydrogen (secondary N) is 3. The fraction of sp³-hybridized carbons (Fsp3) is 0.0357. The third-order valence-corrected chi connectivity index (χ3v) is 6.93. The fourth-order valence-electron chi connectivity index (χ4n) is 4.01. The van der Waals surface area contributed by atoms with Crippen molar-refractivity contribution >= 4 is 67.8 Å². The Morgan fingerprint density at radius 1 is 0.838 bits per heavy atom. The van der Waals surface area contributed by atoms with Crippen LogP contribution in [0.1, 0.15) is 6.92 Å². The molecular formula is C28H22ClN5O2S. The van der Waals surface area contributed by atoms with E-state index in [0.29, 0.717) is 22.2 Å². The van der Waals surface area contributed by atoms with E-state index in [2.05, 4.69) is 26.3 Å². The summed E-state index contributed by atoms with van der Waals surface area (Å²) in [4.78, 5) is 28.1. The molecule has 5 N–H and O–H groups in total. The van der Waals surface area contributed by atoms with Gasteiger partial charge in [0.05, 0.1) is 0 Å². The highest BCUT2D eigenvalue weighted by Gasteiger charge is 2.15. The van der Waals surface area contributed by atoms with Gasteiger partial charge in [-0.25, -0.2) is 9.78 Å². The molecule has 37 heavy (non-hydrogen) atoms. The number of halogens is 1. The Bertz CT molecular complexity index is 1610. The second-order valence-electron chi connectivity index (χ2n) is 8.34. The van der Waals surface area contributed by atoms with Gasteiger partial charge < -0.3 is 21.7 Å². The number of urea groups is 1. The van der Waals surface area contributed by atoms with E-state index < -0.39 is 0 Å². The molecule has 0 aliphatic heterocycles. The molecule has 2 heterocycles. The van der Waals surface area contributed by atoms with Crippen LogP contribution < -0.4 is 21.7 Å². The highest BCUT2D eigenvalue weighted by Crippen LogP contribution is 2.42. The number of thiophene rings is 1. The Labute approximate surface area is 222 Å². The first-order valence-corrected chi connectivity index (χ1v) is 12.6. The van der Waals surface area contributed by atoms with Gasteiger partial charge in [0.1, 0.15) is 5.82 Å². The number of pyridine rings is 1. The summed E-state index contributed by atoms with van der Waals surface area (Å²) in [5.74, 6) is 0.336. The lowest BCUT2D eigenvalue weighted by molar-refractivity contribution is -0.114. The van der Waals surface area contributed by atoms with Crippen LogP contribution in [0.2, 0.25) is 5.02 Å². The Balaban J connectivity index is 1.38. The fourth-order valence-corrected chi connectivity index (χ4v) is 5.32. The maximum absolute atomic E-state index is 12.4. The monoisotopic (exact) mass is 527 g/mol. The van der Waals surface area contributed by atoms with E-state index in [-0.39, 0.29) is 11.9 Å². The average molecular weight is 528 g/mol. The summed E-state index contributed by atoms with van der Waals surface area (Å²) < 4.78 is 1.03. The summed E-state index contributed by atoms with van der Waals surface area (Å²) >= 11 is 7.57. The highest BCUT2D eigenvalue weighted by molar-refractivity contribution is 7.18. The molecule has 5 aromatic rings. The van der Waals surface area contributed by atoms with Crippen LogP contribution >= 0.6 is 22.9 Å². The van der Waals surface area contributed by atoms with Gasteiger partial charge in [0, 0.05) is 56.4 Å². The quantitative estimate of drug-likeness (QED) is 0.190. The molecule has 0 spiro atoms. The third kappa shape index (κ3) is 5.40. The summed E-state index contributed by atoms with van der Waals surface area (Å²) in [6.45, 7) is 1.48. The molecule has 0 bridgehead atoms. The molecule has 3 amide bonds. The molecule has 0 atom stereocenters. The lowest BCUT2D eigenvalue weighted by Gasteiger charge is -2.10. The molecule has 0 saturated heterocycles. The predicted molar refractivity (Wildman–Crippen MR) is 153 cm³/mol. The van der Waals surface area contributed by atoms with Gasteiger partial charge in [-0.2, -0.15) is 0 Å². The van der Waals surface area contributed by atoms with Crippen LogP contribution in [0.15, 0.2) is 84.4 Å². The third-order valence-electron chi connectivity index (χ3n) is 5.68. The zero-order valence-electron chi connectivity index (χ0n) is 19.7. The van der Waals surface area contributed by atoms with Crippen LogP contribution in [0.25, 0.3) is 32.3 Å². The van der Waals surface area contributed by atoms with Crippen molar-refractivity contribution in [2.75, 3.05) is 21.7 Å². The average Bonchev–Trinajstić information content (AvgIpc) is 3.31. The Kier molecular flexibility index (Phi) is 6.76. The number of rotatable bonds is 5. The number of carbonyl (C=O) groups excluding carboxylic acids is 2. The zero-order valence-corrected chi connectivity index (χ0v) is 21.3. The lowest BCUT2D eigenvalue weighted by Crippen LogP contribution is -2.19. The number of hydrogen-bond donors (Lipinski definition) is 4. The van der Waals surface area contributed by atoms with Gasteiger partial charge >= 0.3 is 6.03 Å². The van der Waals surface area contributed by atoms with Gasteiger partial charge in [-0.05, 0) is 59.0 Å². The van der Waals surface area contributed by atoms with Crippen molar-refractivity contribution in [2.45, 2.75) is 6.92 Å². The minimum atomic E-state index is -0.362. The smallest absolute Gasteiger partial charge is 0.323 e. The molecule has 5 rings (SSSR count). The number of aromatic nitrogens is 1. The van der Waals surface area contributed by atoms with Crippen molar-refractivity contribution in [3.63, 3.8) is 0 Å². The van der Waals surface area contributed by atoms with Gasteiger partial charge in [-0.1, -0.05) is 41.9 Å². The molecule has 184 valence electrons. The summed E-state index contributed by atoms with van der Waals surface area (Å²) in [6, 6.07) is 21.8. The Morgan fingerprint density at radius 3 is 2.11 bits per heavy atom. The van der Waals surface area contributed by atoms with Gasteiger partial charge in [0.25, 0.3) is 0 Å². The first-order chi connectivity index (χ1) is 17.9. The number of fused-ring (bicyclic) bond motifs is 1. The standard InChI is InChI=1S/C28H22ClN5O2S/c1-16(35)32-20-9-5-17(6-10-20)23-14-31-27(30)25-24(15-37-26(23)25)18-7-11-21(12-8-18)33-28(36)34-22-4-2-3-19(29)13-22/h2-15H,1H3,(H2,30,31)(H,32,35)(H2,33,34,36). The molecule has 0 saturated carbocycles. The van der Waals surface area contributed by atoms with E-state index in [9.17, 15) is 9.59 Å². The Morgan fingerprint density at radius 2 is 1.46 bits per heavy atom. The number of amides is 3. The normalized spacial score (nSPS) is 10.8. The maximum atomic E-state index is 12.4. The number of nitrogens with zero attached hydrogens (tertiary/aromatic N) is 1. The van der Waals surface area contributed by atoms with E-state index >= 15 is 0 Å². The SMILES string of the molecule is CC(=O)Nc1ccc(-c2cnc(N)c3c(-c4ccc(NC(=O)Nc5cccc(Cl)c5)cc4)csc23)cc1. The first-order valence-electron chi connectivity index (χ1n) is 11.3. The second-order valence-corrected chi connectivity index (χ2v) is 9.65. The highest BCUT2D eigenvalue weighted by atomic mass is 35.5. The van der Waals surface area contributed by atoms with Crippen LogP contribution in [0.5, 0.6) is 0 Å². The van der Waals surface area contributed by atoms with Crippen molar-refractivity contribution in [2.24, 2.45) is 0 Å². The van der Waals surface area contributed by atoms with E-state index in [4.69, 9.17) is 17.3 Å². The van der Waals surface area contributed by atoms with Crippen LogP contribution in [-0.2, 0) is 4.79 Å². The van der Waals surface area contributed by atoms with E-state index in [0.717, 1.165) is 38.0 Å². The van der Waals surface area contributed by atoms with Gasteiger partial charge in [0.2, 0.25) is 5.91 Å². The molecule has 0 unspecified atom stereocenters. The summed E-state index contributed by atoms with van der Waals surface area (Å²) in [5, 5.41) is 11.9. The van der Waals surface area contributed by atoms with Crippen LogP contribution in [0.3, 0.4) is 0 Å². The van der Waals surface area contributed by atoms with Crippen molar-refractivity contribution in [3.8, 4) is 22.3 Å². The van der Waals surface area contributed by atoms with Crippen LogP contribution in [0, 0.1) is 0 Å². The largest absolute Gasteiger partial charge is 0.383 e. The molecule has 0 aliphatic carbocycles. The van der Waals surface area contributed by atoms with Gasteiger partial charge in [-0.15, -0.1) is 11.3 Å². The minimum Gasteiger partial charge on any atom is -0.383 e. The van der Waals surface area contributed by atoms with Crippen molar-refractivity contribution in [1.29, 1.82) is 0 Å². The predicted octanol–water partition coefficient (Wildman–Crippen LogP) is 7.47. The summed E-state index contributed by atoms with van der Waals surface area (Å²) in [5.41, 5.74) is 12.2. The molecular weight excluding hydrogens is 506 g/mol. The molecule has 0 aliphatic rings. The maximum Gasteiger partial charge on any atom is 0.323 e. The summed E-state index contributed by atoms with van der Waals surface area (Å²) in [6.07, 6.45) is 1.77. The lowest BCUT2D eigenvalue weighted by atomic mass is 10.0. The molecule has 7 nitrogen and oxygen atoms in total. The van der Waals surface area contributed by atoms with Crippen LogP contribution in [-0.4, -0.2) is 16.9 Å². The number of carbonyl (C=O) groups is 2. The van der Waals surface area contributed by atoms with Gasteiger partial charge in [0.15, 0.2) is 0 Å². The molecule has 3 aromatic carbocycles. The van der Waals surface area contributed by atoms with Crippen molar-refractivity contribution in [1.82, 2.24) is 4.98 Å². The molecule has 2 aromatic heterocycles. The molecule has 9 heteroatoms. The molecule has 0 fully saturated rings. The van der Waals surface area contributed by atoms with E-state index in [1.807, 2.05) is 48.5 Å². The summed E-state index contributed by atoms with van der Waals surface area (Å²) in [7, 11) is 0.